The van der Waals surface area contributed by atoms with Crippen molar-refractivity contribution in [2.45, 2.75) is 51.4 Å². The summed E-state index contributed by atoms with van der Waals surface area (Å²) >= 11 is 0. The third kappa shape index (κ3) is 2.15. The van der Waals surface area contributed by atoms with Crippen LogP contribution in [-0.2, 0) is 4.74 Å². The molecule has 2 N–H and O–H groups in total. The van der Waals surface area contributed by atoms with Crippen molar-refractivity contribution in [3.8, 4) is 0 Å². The molecule has 1 saturated carbocycles. The van der Waals surface area contributed by atoms with Gasteiger partial charge in [-0.2, -0.15) is 5.48 Å². The second kappa shape index (κ2) is 2.73. The van der Waals surface area contributed by atoms with E-state index in [-0.39, 0.29) is 5.60 Å². The van der Waals surface area contributed by atoms with E-state index in [4.69, 9.17) is 9.94 Å². The molecule has 66 valence electrons. The van der Waals surface area contributed by atoms with Crippen molar-refractivity contribution in [1.29, 1.82) is 0 Å². The highest BCUT2D eigenvalue weighted by Crippen LogP contribution is 2.35. The zero-order valence-corrected chi connectivity index (χ0v) is 7.48. The van der Waals surface area contributed by atoms with Crippen molar-refractivity contribution < 1.29 is 9.94 Å². The fourth-order valence-electron chi connectivity index (χ4n) is 1.32. The average molecular weight is 159 g/mol. The van der Waals surface area contributed by atoms with E-state index >= 15 is 0 Å². The molecule has 0 atom stereocenters. The van der Waals surface area contributed by atoms with E-state index in [0.717, 1.165) is 19.3 Å². The largest absolute Gasteiger partial charge is 0.353 e. The molecule has 1 rings (SSSR count). The van der Waals surface area contributed by atoms with Gasteiger partial charge in [-0.05, 0) is 40.0 Å². The molecule has 0 aromatic carbocycles. The summed E-state index contributed by atoms with van der Waals surface area (Å²) in [6.07, 6.45) is 2.94. The first-order valence-corrected chi connectivity index (χ1v) is 4.09. The normalized spacial score (nSPS) is 22.9. The number of nitrogens with one attached hydrogen (secondary N) is 1. The van der Waals surface area contributed by atoms with Crippen LogP contribution in [0.15, 0.2) is 0 Å². The van der Waals surface area contributed by atoms with E-state index < -0.39 is 5.72 Å². The summed E-state index contributed by atoms with van der Waals surface area (Å²) in [6.45, 7) is 5.97. The molecule has 0 spiro atoms. The predicted octanol–water partition coefficient (Wildman–Crippen LogP) is 1.66. The van der Waals surface area contributed by atoms with E-state index in [1.54, 1.807) is 0 Å². The highest BCUT2D eigenvalue weighted by atomic mass is 16.6. The molecule has 0 unspecified atom stereocenters. The van der Waals surface area contributed by atoms with Gasteiger partial charge in [0, 0.05) is 0 Å². The van der Waals surface area contributed by atoms with Crippen molar-refractivity contribution >= 4 is 0 Å². The Morgan fingerprint density at radius 1 is 1.36 bits per heavy atom. The predicted molar refractivity (Wildman–Crippen MR) is 42.3 cm³/mol. The summed E-state index contributed by atoms with van der Waals surface area (Å²) in [5, 5.41) is 8.82. The Bertz CT molecular complexity index is 130. The topological polar surface area (TPSA) is 41.5 Å². The Kier molecular flexibility index (Phi) is 2.23. The van der Waals surface area contributed by atoms with Crippen LogP contribution in [0.4, 0.5) is 0 Å². The summed E-state index contributed by atoms with van der Waals surface area (Å²) in [5.74, 6) is 0. The van der Waals surface area contributed by atoms with Gasteiger partial charge in [0.15, 0.2) is 0 Å². The van der Waals surface area contributed by atoms with Gasteiger partial charge in [0.25, 0.3) is 0 Å². The van der Waals surface area contributed by atoms with Crippen LogP contribution in [0.1, 0.15) is 40.0 Å². The van der Waals surface area contributed by atoms with E-state index in [2.05, 4.69) is 5.48 Å². The molecule has 0 radical (unpaired) electrons. The molecule has 0 aromatic rings. The minimum Gasteiger partial charge on any atom is -0.353 e. The van der Waals surface area contributed by atoms with E-state index in [0.29, 0.717) is 0 Å². The van der Waals surface area contributed by atoms with Gasteiger partial charge in [0.1, 0.15) is 5.72 Å². The van der Waals surface area contributed by atoms with E-state index in [1.807, 2.05) is 20.8 Å². The molecule has 1 aliphatic rings. The zero-order chi connectivity index (χ0) is 8.54. The number of rotatable bonds is 2. The molecule has 0 saturated heterocycles. The minimum atomic E-state index is -0.446. The molecule has 0 heterocycles. The smallest absolute Gasteiger partial charge is 0.141 e. The summed E-state index contributed by atoms with van der Waals surface area (Å²) in [6, 6.07) is 0. The molecule has 3 heteroatoms. The maximum Gasteiger partial charge on any atom is 0.141 e. The molecule has 0 amide bonds. The van der Waals surface area contributed by atoms with Crippen LogP contribution in [0.5, 0.6) is 0 Å². The van der Waals surface area contributed by atoms with Crippen molar-refractivity contribution in [1.82, 2.24) is 5.48 Å². The lowest BCUT2D eigenvalue weighted by molar-refractivity contribution is -0.231. The van der Waals surface area contributed by atoms with Gasteiger partial charge < -0.3 is 9.94 Å². The third-order valence-electron chi connectivity index (χ3n) is 1.87. The third-order valence-corrected chi connectivity index (χ3v) is 1.87. The second-order valence-corrected chi connectivity index (χ2v) is 4.17. The highest BCUT2D eigenvalue weighted by molar-refractivity contribution is 4.86. The van der Waals surface area contributed by atoms with Gasteiger partial charge in [0.2, 0.25) is 0 Å². The first-order valence-electron chi connectivity index (χ1n) is 4.09. The number of hydrogen-bond acceptors (Lipinski definition) is 3. The first kappa shape index (κ1) is 8.97. The molecule has 0 aliphatic heterocycles. The van der Waals surface area contributed by atoms with Crippen molar-refractivity contribution in [3.05, 3.63) is 0 Å². The monoisotopic (exact) mass is 159 g/mol. The Morgan fingerprint density at radius 3 is 2.00 bits per heavy atom. The quantitative estimate of drug-likeness (QED) is 0.475. The zero-order valence-electron chi connectivity index (χ0n) is 7.48. The van der Waals surface area contributed by atoms with Gasteiger partial charge in [-0.15, -0.1) is 0 Å². The molecule has 3 nitrogen and oxygen atoms in total. The van der Waals surface area contributed by atoms with Crippen LogP contribution in [0.2, 0.25) is 0 Å². The molecular weight excluding hydrogens is 142 g/mol. The minimum absolute atomic E-state index is 0.184. The average Bonchev–Trinajstić information content (AvgIpc) is 1.77. The molecule has 0 bridgehead atoms. The maximum absolute atomic E-state index is 8.82. The van der Waals surface area contributed by atoms with Crippen molar-refractivity contribution in [2.75, 3.05) is 0 Å². The fourth-order valence-corrected chi connectivity index (χ4v) is 1.32. The van der Waals surface area contributed by atoms with Gasteiger partial charge in [-0.1, -0.05) is 0 Å². The van der Waals surface area contributed by atoms with Crippen LogP contribution >= 0.6 is 0 Å². The number of hydrogen-bond donors (Lipinski definition) is 2. The molecular formula is C8H17NO2. The summed E-state index contributed by atoms with van der Waals surface area (Å²) in [5.41, 5.74) is 1.62. The SMILES string of the molecule is CC(C)(C)OC1(NO)CCC1. The van der Waals surface area contributed by atoms with Crippen LogP contribution in [0.25, 0.3) is 0 Å². The number of hydroxylamine groups is 1. The molecule has 1 aliphatic carbocycles. The highest BCUT2D eigenvalue weighted by Gasteiger charge is 2.40. The van der Waals surface area contributed by atoms with Gasteiger partial charge >= 0.3 is 0 Å². The number of ether oxygens (including phenoxy) is 1. The van der Waals surface area contributed by atoms with Crippen LogP contribution in [0.3, 0.4) is 0 Å². The molecule has 1 fully saturated rings. The lowest BCUT2D eigenvalue weighted by atomic mass is 9.88. The first-order chi connectivity index (χ1) is 4.97. The lowest BCUT2D eigenvalue weighted by Crippen LogP contribution is -2.55. The van der Waals surface area contributed by atoms with Crippen LogP contribution in [-0.4, -0.2) is 16.5 Å². The van der Waals surface area contributed by atoms with Gasteiger partial charge in [0.05, 0.1) is 5.60 Å². The summed E-state index contributed by atoms with van der Waals surface area (Å²) in [4.78, 5) is 0. The summed E-state index contributed by atoms with van der Waals surface area (Å²) < 4.78 is 5.65. The molecule has 11 heavy (non-hydrogen) atoms. The summed E-state index contributed by atoms with van der Waals surface area (Å²) in [7, 11) is 0. The Balaban J connectivity index is 2.45. The standard InChI is InChI=1S/C8H17NO2/c1-7(2,3)11-8(9-10)5-4-6-8/h9-10H,4-6H2,1-3H3. The van der Waals surface area contributed by atoms with Crippen LogP contribution in [0, 0.1) is 0 Å². The second-order valence-electron chi connectivity index (χ2n) is 4.17. The van der Waals surface area contributed by atoms with Crippen LogP contribution < -0.4 is 5.48 Å². The van der Waals surface area contributed by atoms with Crippen molar-refractivity contribution in [3.63, 3.8) is 0 Å². The fraction of sp³-hybridized carbons (Fsp3) is 1.00. The lowest BCUT2D eigenvalue weighted by Gasteiger charge is -2.44. The Morgan fingerprint density at radius 2 is 1.91 bits per heavy atom. The van der Waals surface area contributed by atoms with Crippen molar-refractivity contribution in [2.24, 2.45) is 0 Å². The van der Waals surface area contributed by atoms with Gasteiger partial charge in [-0.3, -0.25) is 0 Å². The maximum atomic E-state index is 8.82. The Labute approximate surface area is 67.7 Å². The van der Waals surface area contributed by atoms with Gasteiger partial charge in [-0.25, -0.2) is 0 Å². The molecule has 0 aromatic heterocycles. The van der Waals surface area contributed by atoms with E-state index in [1.165, 1.54) is 0 Å². The Hall–Kier alpha value is -0.120. The van der Waals surface area contributed by atoms with E-state index in [9.17, 15) is 0 Å².